The maximum absolute atomic E-state index is 6.25. The van der Waals surface area contributed by atoms with Gasteiger partial charge in [0, 0.05) is 11.4 Å². The van der Waals surface area contributed by atoms with E-state index in [4.69, 9.17) is 39.9 Å². The summed E-state index contributed by atoms with van der Waals surface area (Å²) < 4.78 is 0. The van der Waals surface area contributed by atoms with Crippen molar-refractivity contribution in [3.05, 3.63) is 99.0 Å². The molecule has 1 aliphatic heterocycles. The lowest BCUT2D eigenvalue weighted by molar-refractivity contribution is 0.709. The Balaban J connectivity index is 1.75. The molecule has 0 bridgehead atoms. The van der Waals surface area contributed by atoms with Gasteiger partial charge in [-0.1, -0.05) is 71.2 Å². The van der Waals surface area contributed by atoms with Crippen LogP contribution in [0.1, 0.15) is 23.6 Å². The topological polar surface area (TPSA) is 15.6 Å². The first-order valence-electron chi connectivity index (χ1n) is 8.24. The molecule has 1 heterocycles. The Labute approximate surface area is 167 Å². The number of anilines is 1. The Morgan fingerprint density at radius 3 is 2.23 bits per heavy atom. The number of halogens is 3. The Kier molecular flexibility index (Phi) is 4.90. The van der Waals surface area contributed by atoms with E-state index in [0.29, 0.717) is 15.1 Å². The summed E-state index contributed by atoms with van der Waals surface area (Å²) in [5.74, 6) is 0. The van der Waals surface area contributed by atoms with Crippen LogP contribution in [0.4, 0.5) is 5.69 Å². The molecule has 0 N–H and O–H groups in total. The highest BCUT2D eigenvalue weighted by Crippen LogP contribution is 2.38. The Morgan fingerprint density at radius 1 is 0.808 bits per heavy atom. The first-order valence-corrected chi connectivity index (χ1v) is 9.38. The fraction of sp³-hybridized carbons (Fsp3) is 0.0952. The van der Waals surface area contributed by atoms with Crippen molar-refractivity contribution in [1.29, 1.82) is 0 Å². The van der Waals surface area contributed by atoms with Gasteiger partial charge in [-0.05, 0) is 47.5 Å². The molecule has 1 unspecified atom stereocenters. The molecule has 0 fully saturated rings. The summed E-state index contributed by atoms with van der Waals surface area (Å²) in [4.78, 5) is 0. The Bertz CT molecular complexity index is 953. The van der Waals surface area contributed by atoms with Crippen LogP contribution in [0.25, 0.3) is 0 Å². The molecule has 0 saturated heterocycles. The first kappa shape index (κ1) is 17.4. The normalized spacial score (nSPS) is 16.7. The first-order chi connectivity index (χ1) is 12.6. The second kappa shape index (κ2) is 7.32. The van der Waals surface area contributed by atoms with Gasteiger partial charge in [0.15, 0.2) is 0 Å². The van der Waals surface area contributed by atoms with E-state index in [1.54, 1.807) is 0 Å². The van der Waals surface area contributed by atoms with Crippen molar-refractivity contribution < 1.29 is 0 Å². The lowest BCUT2D eigenvalue weighted by Crippen LogP contribution is -2.18. The number of rotatable bonds is 3. The van der Waals surface area contributed by atoms with Crippen molar-refractivity contribution in [2.45, 2.75) is 12.5 Å². The average molecular weight is 402 g/mol. The van der Waals surface area contributed by atoms with Crippen LogP contribution in [-0.2, 0) is 0 Å². The van der Waals surface area contributed by atoms with Gasteiger partial charge in [0.2, 0.25) is 0 Å². The molecule has 2 nitrogen and oxygen atoms in total. The molecule has 26 heavy (non-hydrogen) atoms. The van der Waals surface area contributed by atoms with E-state index in [9.17, 15) is 0 Å². The minimum absolute atomic E-state index is 0.0536. The number of hydrogen-bond donors (Lipinski definition) is 0. The van der Waals surface area contributed by atoms with Crippen molar-refractivity contribution in [3.63, 3.8) is 0 Å². The summed E-state index contributed by atoms with van der Waals surface area (Å²) in [7, 11) is 0. The van der Waals surface area contributed by atoms with E-state index in [1.165, 1.54) is 0 Å². The van der Waals surface area contributed by atoms with Crippen molar-refractivity contribution in [3.8, 4) is 0 Å². The molecule has 0 aliphatic carbocycles. The Hall–Kier alpha value is -2.00. The molecule has 3 aromatic rings. The zero-order chi connectivity index (χ0) is 18.1. The molecule has 1 aliphatic rings. The van der Waals surface area contributed by atoms with Gasteiger partial charge in [-0.25, -0.2) is 0 Å². The summed E-state index contributed by atoms with van der Waals surface area (Å²) >= 11 is 18.4. The van der Waals surface area contributed by atoms with Crippen LogP contribution in [-0.4, -0.2) is 5.71 Å². The lowest BCUT2D eigenvalue weighted by Gasteiger charge is -2.24. The third-order valence-electron chi connectivity index (χ3n) is 4.44. The van der Waals surface area contributed by atoms with Crippen molar-refractivity contribution in [2.24, 2.45) is 5.10 Å². The molecule has 0 spiro atoms. The zero-order valence-electron chi connectivity index (χ0n) is 13.7. The molecule has 0 saturated carbocycles. The van der Waals surface area contributed by atoms with Gasteiger partial charge in [0.1, 0.15) is 0 Å². The molecule has 4 rings (SSSR count). The minimum Gasteiger partial charge on any atom is -0.257 e. The second-order valence-corrected chi connectivity index (χ2v) is 7.38. The number of para-hydroxylation sites is 1. The summed E-state index contributed by atoms with van der Waals surface area (Å²) in [6, 6.07) is 23.7. The van der Waals surface area contributed by atoms with Gasteiger partial charge < -0.3 is 0 Å². The van der Waals surface area contributed by atoms with E-state index in [1.807, 2.05) is 65.7 Å². The zero-order valence-corrected chi connectivity index (χ0v) is 16.0. The van der Waals surface area contributed by atoms with Crippen molar-refractivity contribution in [2.75, 3.05) is 5.01 Å². The number of hydrazone groups is 1. The monoisotopic (exact) mass is 400 g/mol. The average Bonchev–Trinajstić information content (AvgIpc) is 3.11. The van der Waals surface area contributed by atoms with Crippen LogP contribution in [0, 0.1) is 0 Å². The highest BCUT2D eigenvalue weighted by Gasteiger charge is 2.30. The van der Waals surface area contributed by atoms with Gasteiger partial charge >= 0.3 is 0 Å². The lowest BCUT2D eigenvalue weighted by atomic mass is 9.98. The van der Waals surface area contributed by atoms with Crippen LogP contribution >= 0.6 is 34.8 Å². The van der Waals surface area contributed by atoms with Gasteiger partial charge in [0.25, 0.3) is 0 Å². The van der Waals surface area contributed by atoms with E-state index in [-0.39, 0.29) is 6.04 Å². The predicted molar refractivity (Wildman–Crippen MR) is 111 cm³/mol. The molecular weight excluding hydrogens is 387 g/mol. The van der Waals surface area contributed by atoms with Gasteiger partial charge in [-0.15, -0.1) is 0 Å². The highest BCUT2D eigenvalue weighted by atomic mass is 35.5. The quantitative estimate of drug-likeness (QED) is 0.461. The summed E-state index contributed by atoms with van der Waals surface area (Å²) in [5.41, 5.74) is 4.20. The van der Waals surface area contributed by atoms with E-state index in [2.05, 4.69) is 12.1 Å². The van der Waals surface area contributed by atoms with Gasteiger partial charge in [-0.2, -0.15) is 5.10 Å². The molecule has 3 aromatic carbocycles. The third kappa shape index (κ3) is 3.45. The molecule has 0 radical (unpaired) electrons. The van der Waals surface area contributed by atoms with E-state index in [0.717, 1.165) is 28.9 Å². The van der Waals surface area contributed by atoms with Crippen LogP contribution in [0.15, 0.2) is 77.9 Å². The van der Waals surface area contributed by atoms with Crippen molar-refractivity contribution >= 4 is 46.2 Å². The molecule has 0 amide bonds. The summed E-state index contributed by atoms with van der Waals surface area (Å²) in [6.45, 7) is 0. The van der Waals surface area contributed by atoms with E-state index >= 15 is 0 Å². The number of nitrogens with zero attached hydrogens (tertiary/aromatic N) is 2. The van der Waals surface area contributed by atoms with Gasteiger partial charge in [0.05, 0.1) is 27.5 Å². The minimum atomic E-state index is 0.0536. The second-order valence-electron chi connectivity index (χ2n) is 6.13. The molecular formula is C21H15Cl3N2. The Morgan fingerprint density at radius 2 is 1.54 bits per heavy atom. The van der Waals surface area contributed by atoms with Crippen LogP contribution in [0.2, 0.25) is 15.1 Å². The fourth-order valence-corrected chi connectivity index (χ4v) is 3.56. The summed E-state index contributed by atoms with van der Waals surface area (Å²) in [6.07, 6.45) is 0.772. The number of benzene rings is 3. The molecule has 5 heteroatoms. The third-order valence-corrected chi connectivity index (χ3v) is 5.43. The van der Waals surface area contributed by atoms with Gasteiger partial charge in [-0.3, -0.25) is 5.01 Å². The smallest absolute Gasteiger partial charge is 0.0832 e. The predicted octanol–water partition coefficient (Wildman–Crippen LogP) is 7.00. The maximum atomic E-state index is 6.25. The molecule has 0 aromatic heterocycles. The largest absolute Gasteiger partial charge is 0.257 e. The summed E-state index contributed by atoms with van der Waals surface area (Å²) in [5, 5.41) is 8.77. The molecule has 1 atom stereocenters. The standard InChI is InChI=1S/C21H15Cl3N2/c22-16-9-6-14(7-10-16)20-13-21(15-8-11-18(23)19(24)12-15)26(25-20)17-4-2-1-3-5-17/h1-12,21H,13H2. The maximum Gasteiger partial charge on any atom is 0.0832 e. The number of hydrogen-bond acceptors (Lipinski definition) is 2. The fourth-order valence-electron chi connectivity index (χ4n) is 3.13. The SMILES string of the molecule is Clc1ccc(C2=NN(c3ccccc3)C(c3ccc(Cl)c(Cl)c3)C2)cc1. The highest BCUT2D eigenvalue weighted by molar-refractivity contribution is 6.42. The van der Waals surface area contributed by atoms with E-state index < -0.39 is 0 Å². The van der Waals surface area contributed by atoms with Crippen LogP contribution in [0.3, 0.4) is 0 Å². The van der Waals surface area contributed by atoms with Crippen LogP contribution < -0.4 is 5.01 Å². The molecule has 130 valence electrons. The van der Waals surface area contributed by atoms with Crippen molar-refractivity contribution in [1.82, 2.24) is 0 Å². The van der Waals surface area contributed by atoms with Crippen LogP contribution in [0.5, 0.6) is 0 Å².